The van der Waals surface area contributed by atoms with Gasteiger partial charge in [0.1, 0.15) is 0 Å². The molecule has 1 aromatic rings. The summed E-state index contributed by atoms with van der Waals surface area (Å²) in [5.41, 5.74) is 2.34. The van der Waals surface area contributed by atoms with Gasteiger partial charge in [-0.05, 0) is 62.1 Å². The van der Waals surface area contributed by atoms with Gasteiger partial charge in [-0.3, -0.25) is 0 Å². The smallest absolute Gasteiger partial charge is 0.0455 e. The SMILES string of the molecule is Cc1c(Cl)cccc1NC(C)C1CC2C=CC1C2. The molecule has 4 unspecified atom stereocenters. The maximum absolute atomic E-state index is 6.17. The second-order valence-corrected chi connectivity index (χ2v) is 6.20. The molecule has 18 heavy (non-hydrogen) atoms. The summed E-state index contributed by atoms with van der Waals surface area (Å²) in [4.78, 5) is 0. The van der Waals surface area contributed by atoms with E-state index < -0.39 is 0 Å². The number of benzene rings is 1. The van der Waals surface area contributed by atoms with Crippen molar-refractivity contribution in [2.45, 2.75) is 32.7 Å². The molecule has 3 rings (SSSR count). The van der Waals surface area contributed by atoms with Gasteiger partial charge in [0, 0.05) is 16.8 Å². The lowest BCUT2D eigenvalue weighted by molar-refractivity contribution is 0.400. The van der Waals surface area contributed by atoms with Crippen molar-refractivity contribution in [2.24, 2.45) is 17.8 Å². The highest BCUT2D eigenvalue weighted by Crippen LogP contribution is 2.45. The number of nitrogens with one attached hydrogen (secondary N) is 1. The fourth-order valence-corrected chi connectivity index (χ4v) is 3.69. The molecule has 2 aliphatic carbocycles. The summed E-state index contributed by atoms with van der Waals surface area (Å²) in [6, 6.07) is 6.61. The molecule has 0 aromatic heterocycles. The fraction of sp³-hybridized carbons (Fsp3) is 0.500. The first-order chi connectivity index (χ1) is 8.65. The van der Waals surface area contributed by atoms with Gasteiger partial charge in [-0.2, -0.15) is 0 Å². The Labute approximate surface area is 114 Å². The molecular weight excluding hydrogens is 242 g/mol. The third kappa shape index (κ3) is 2.05. The molecule has 2 bridgehead atoms. The van der Waals surface area contributed by atoms with Crippen molar-refractivity contribution in [3.05, 3.63) is 40.9 Å². The van der Waals surface area contributed by atoms with Crippen LogP contribution < -0.4 is 5.32 Å². The lowest BCUT2D eigenvalue weighted by atomic mass is 9.87. The Morgan fingerprint density at radius 2 is 2.11 bits per heavy atom. The number of halogens is 1. The Morgan fingerprint density at radius 3 is 2.78 bits per heavy atom. The summed E-state index contributed by atoms with van der Waals surface area (Å²) in [5, 5.41) is 4.51. The van der Waals surface area contributed by atoms with Crippen LogP contribution in [0.3, 0.4) is 0 Å². The van der Waals surface area contributed by atoms with Gasteiger partial charge in [0.15, 0.2) is 0 Å². The summed E-state index contributed by atoms with van der Waals surface area (Å²) in [6.45, 7) is 4.39. The van der Waals surface area contributed by atoms with E-state index in [0.29, 0.717) is 6.04 Å². The van der Waals surface area contributed by atoms with E-state index in [1.807, 2.05) is 12.1 Å². The summed E-state index contributed by atoms with van der Waals surface area (Å²) in [5.74, 6) is 2.40. The van der Waals surface area contributed by atoms with Crippen molar-refractivity contribution in [3.63, 3.8) is 0 Å². The highest BCUT2D eigenvalue weighted by Gasteiger charge is 2.38. The molecule has 0 heterocycles. The number of allylic oxidation sites excluding steroid dienone is 2. The van der Waals surface area contributed by atoms with Crippen LogP contribution >= 0.6 is 11.6 Å². The summed E-state index contributed by atoms with van der Waals surface area (Å²) < 4.78 is 0. The van der Waals surface area contributed by atoms with Crippen LogP contribution in [0.15, 0.2) is 30.4 Å². The molecule has 1 aromatic carbocycles. The zero-order valence-corrected chi connectivity index (χ0v) is 11.7. The van der Waals surface area contributed by atoms with E-state index in [-0.39, 0.29) is 0 Å². The van der Waals surface area contributed by atoms with Gasteiger partial charge < -0.3 is 5.32 Å². The van der Waals surface area contributed by atoms with E-state index in [9.17, 15) is 0 Å². The number of fused-ring (bicyclic) bond motifs is 2. The largest absolute Gasteiger partial charge is 0.382 e. The summed E-state index contributed by atoms with van der Waals surface area (Å²) in [6.07, 6.45) is 7.53. The Hall–Kier alpha value is -0.950. The van der Waals surface area contributed by atoms with Crippen LogP contribution in [0.4, 0.5) is 5.69 Å². The Bertz CT molecular complexity index is 480. The average molecular weight is 262 g/mol. The van der Waals surface area contributed by atoms with Crippen molar-refractivity contribution >= 4 is 17.3 Å². The maximum Gasteiger partial charge on any atom is 0.0455 e. The van der Waals surface area contributed by atoms with E-state index in [0.717, 1.165) is 28.3 Å². The minimum Gasteiger partial charge on any atom is -0.382 e. The molecule has 1 nitrogen and oxygen atoms in total. The molecule has 0 amide bonds. The molecule has 0 saturated heterocycles. The van der Waals surface area contributed by atoms with Crippen molar-refractivity contribution < 1.29 is 0 Å². The predicted molar refractivity (Wildman–Crippen MR) is 78.1 cm³/mol. The van der Waals surface area contributed by atoms with Gasteiger partial charge in [-0.15, -0.1) is 0 Å². The van der Waals surface area contributed by atoms with Gasteiger partial charge in [0.2, 0.25) is 0 Å². The van der Waals surface area contributed by atoms with E-state index in [4.69, 9.17) is 11.6 Å². The predicted octanol–water partition coefficient (Wildman–Crippen LogP) is 4.66. The minimum atomic E-state index is 0.516. The third-order valence-electron chi connectivity index (χ3n) is 4.62. The lowest BCUT2D eigenvalue weighted by Crippen LogP contribution is -2.29. The molecule has 0 radical (unpaired) electrons. The van der Waals surface area contributed by atoms with Crippen molar-refractivity contribution in [1.29, 1.82) is 0 Å². The number of hydrogen-bond donors (Lipinski definition) is 1. The second-order valence-electron chi connectivity index (χ2n) is 5.79. The van der Waals surface area contributed by atoms with Crippen LogP contribution in [0.25, 0.3) is 0 Å². The van der Waals surface area contributed by atoms with Crippen LogP contribution in [0.2, 0.25) is 5.02 Å². The molecule has 1 N–H and O–H groups in total. The number of hydrogen-bond acceptors (Lipinski definition) is 1. The topological polar surface area (TPSA) is 12.0 Å². The van der Waals surface area contributed by atoms with E-state index in [1.54, 1.807) is 0 Å². The number of anilines is 1. The third-order valence-corrected chi connectivity index (χ3v) is 5.03. The summed E-state index contributed by atoms with van der Waals surface area (Å²) >= 11 is 6.17. The monoisotopic (exact) mass is 261 g/mol. The molecule has 2 heteroatoms. The van der Waals surface area contributed by atoms with Crippen molar-refractivity contribution in [2.75, 3.05) is 5.32 Å². The van der Waals surface area contributed by atoms with E-state index in [2.05, 4.69) is 37.4 Å². The molecule has 2 aliphatic rings. The van der Waals surface area contributed by atoms with Crippen LogP contribution in [0.1, 0.15) is 25.3 Å². The van der Waals surface area contributed by atoms with Gasteiger partial charge in [-0.1, -0.05) is 29.8 Å². The maximum atomic E-state index is 6.17. The Morgan fingerprint density at radius 1 is 1.28 bits per heavy atom. The van der Waals surface area contributed by atoms with Gasteiger partial charge in [0.25, 0.3) is 0 Å². The highest BCUT2D eigenvalue weighted by atomic mass is 35.5. The summed E-state index contributed by atoms with van der Waals surface area (Å²) in [7, 11) is 0. The average Bonchev–Trinajstić information content (AvgIpc) is 2.97. The minimum absolute atomic E-state index is 0.516. The first-order valence-electron chi connectivity index (χ1n) is 6.85. The molecule has 1 fully saturated rings. The van der Waals surface area contributed by atoms with Crippen LogP contribution in [0, 0.1) is 24.7 Å². The highest BCUT2D eigenvalue weighted by molar-refractivity contribution is 6.31. The van der Waals surface area contributed by atoms with Gasteiger partial charge >= 0.3 is 0 Å². The first-order valence-corrected chi connectivity index (χ1v) is 7.23. The van der Waals surface area contributed by atoms with E-state index in [1.165, 1.54) is 18.5 Å². The molecule has 0 spiro atoms. The van der Waals surface area contributed by atoms with Crippen LogP contribution in [-0.4, -0.2) is 6.04 Å². The standard InChI is InChI=1S/C16H20ClN/c1-10-15(17)4-3-5-16(10)18-11(2)14-9-12-6-7-13(14)8-12/h3-7,11-14,18H,8-9H2,1-2H3. The molecular formula is C16H20ClN. The molecule has 96 valence electrons. The molecule has 4 atom stereocenters. The van der Waals surface area contributed by atoms with Gasteiger partial charge in [0.05, 0.1) is 0 Å². The van der Waals surface area contributed by atoms with Crippen LogP contribution in [-0.2, 0) is 0 Å². The van der Waals surface area contributed by atoms with Crippen molar-refractivity contribution in [1.82, 2.24) is 0 Å². The molecule has 0 aliphatic heterocycles. The van der Waals surface area contributed by atoms with Gasteiger partial charge in [-0.25, -0.2) is 0 Å². The molecule has 1 saturated carbocycles. The number of rotatable bonds is 3. The van der Waals surface area contributed by atoms with Crippen molar-refractivity contribution in [3.8, 4) is 0 Å². The zero-order valence-electron chi connectivity index (χ0n) is 11.0. The zero-order chi connectivity index (χ0) is 12.7. The lowest BCUT2D eigenvalue weighted by Gasteiger charge is -2.27. The quantitative estimate of drug-likeness (QED) is 0.781. The Kier molecular flexibility index (Phi) is 3.11. The second kappa shape index (κ2) is 4.62. The Balaban J connectivity index is 1.73. The first kappa shape index (κ1) is 12.1. The van der Waals surface area contributed by atoms with E-state index >= 15 is 0 Å². The van der Waals surface area contributed by atoms with Crippen LogP contribution in [0.5, 0.6) is 0 Å². The normalized spacial score (nSPS) is 30.7. The fourth-order valence-electron chi connectivity index (χ4n) is 3.51.